The molecule has 0 aromatic carbocycles. The van der Waals surface area contributed by atoms with E-state index in [0.29, 0.717) is 11.4 Å². The molecule has 0 radical (unpaired) electrons. The molecule has 0 bridgehead atoms. The Bertz CT molecular complexity index is 620. The van der Waals surface area contributed by atoms with Crippen LogP contribution in [-0.4, -0.2) is 28.9 Å². The Labute approximate surface area is 126 Å². The van der Waals surface area contributed by atoms with E-state index in [9.17, 15) is 9.59 Å². The lowest BCUT2D eigenvalue weighted by molar-refractivity contribution is 0.0701. The van der Waals surface area contributed by atoms with Crippen molar-refractivity contribution in [3.63, 3.8) is 0 Å². The van der Waals surface area contributed by atoms with Crippen LogP contribution in [0.25, 0.3) is 0 Å². The van der Waals surface area contributed by atoms with Crippen molar-refractivity contribution in [2.45, 2.75) is 6.54 Å². The number of nitrogens with zero attached hydrogens (tertiary/aromatic N) is 1. The lowest BCUT2D eigenvalue weighted by Gasteiger charge is -2.14. The van der Waals surface area contributed by atoms with Crippen LogP contribution in [0.5, 0.6) is 0 Å². The summed E-state index contributed by atoms with van der Waals surface area (Å²) in [4.78, 5) is 26.2. The number of thiophene rings is 2. The van der Waals surface area contributed by atoms with Crippen molar-refractivity contribution in [3.8, 4) is 0 Å². The predicted octanol–water partition coefficient (Wildman–Crippen LogP) is 3.54. The molecule has 0 fully saturated rings. The Morgan fingerprint density at radius 3 is 2.58 bits per heavy atom. The number of hydrogen-bond donors (Lipinski definition) is 1. The third-order valence-corrected chi connectivity index (χ3v) is 5.13. The van der Waals surface area contributed by atoms with Crippen molar-refractivity contribution < 1.29 is 14.7 Å². The molecular weight excluding hydrogens is 350 g/mol. The normalized spacial score (nSPS) is 10.4. The van der Waals surface area contributed by atoms with Crippen molar-refractivity contribution in [3.05, 3.63) is 42.7 Å². The van der Waals surface area contributed by atoms with Gasteiger partial charge in [0.25, 0.3) is 5.91 Å². The molecular formula is C12H10BrNO3S2. The van der Waals surface area contributed by atoms with Crippen LogP contribution in [0.2, 0.25) is 0 Å². The Morgan fingerprint density at radius 2 is 2.05 bits per heavy atom. The molecule has 2 aromatic heterocycles. The van der Waals surface area contributed by atoms with Crippen molar-refractivity contribution in [2.24, 2.45) is 0 Å². The highest BCUT2D eigenvalue weighted by molar-refractivity contribution is 9.10. The van der Waals surface area contributed by atoms with Gasteiger partial charge in [-0.15, -0.1) is 22.7 Å². The molecule has 0 atom stereocenters. The zero-order chi connectivity index (χ0) is 14.0. The largest absolute Gasteiger partial charge is 0.477 e. The van der Waals surface area contributed by atoms with Crippen LogP contribution < -0.4 is 0 Å². The molecule has 0 saturated carbocycles. The van der Waals surface area contributed by atoms with Crippen molar-refractivity contribution in [1.29, 1.82) is 0 Å². The molecule has 0 aliphatic carbocycles. The number of rotatable bonds is 4. The molecule has 0 saturated heterocycles. The maximum Gasteiger partial charge on any atom is 0.345 e. The van der Waals surface area contributed by atoms with Gasteiger partial charge in [-0.25, -0.2) is 4.79 Å². The van der Waals surface area contributed by atoms with Crippen molar-refractivity contribution in [2.75, 3.05) is 7.05 Å². The van der Waals surface area contributed by atoms with Gasteiger partial charge >= 0.3 is 5.97 Å². The van der Waals surface area contributed by atoms with Crippen LogP contribution >= 0.6 is 38.6 Å². The van der Waals surface area contributed by atoms with E-state index in [1.807, 2.05) is 11.4 Å². The molecule has 0 aliphatic heterocycles. The summed E-state index contributed by atoms with van der Waals surface area (Å²) in [5, 5.41) is 10.8. The number of hydrogen-bond acceptors (Lipinski definition) is 4. The summed E-state index contributed by atoms with van der Waals surface area (Å²) in [6, 6.07) is 4.97. The highest BCUT2D eigenvalue weighted by Crippen LogP contribution is 2.23. The summed E-state index contributed by atoms with van der Waals surface area (Å²) in [5.74, 6) is -1.17. The molecule has 7 heteroatoms. The quantitative estimate of drug-likeness (QED) is 0.907. The maximum atomic E-state index is 12.1. The molecule has 19 heavy (non-hydrogen) atoms. The molecule has 1 amide bonds. The van der Waals surface area contributed by atoms with E-state index in [1.165, 1.54) is 6.07 Å². The van der Waals surface area contributed by atoms with Crippen LogP contribution in [-0.2, 0) is 6.54 Å². The second-order valence-electron chi connectivity index (χ2n) is 3.86. The Hall–Kier alpha value is -1.18. The SMILES string of the molecule is CN(Cc1cc(Br)cs1)C(=O)c1ccc(C(=O)O)s1. The zero-order valence-electron chi connectivity index (χ0n) is 9.92. The minimum atomic E-state index is -1.01. The molecule has 100 valence electrons. The van der Waals surface area contributed by atoms with E-state index in [-0.39, 0.29) is 10.8 Å². The molecule has 4 nitrogen and oxygen atoms in total. The Kier molecular flexibility index (Phi) is 4.38. The Morgan fingerprint density at radius 1 is 1.37 bits per heavy atom. The molecule has 0 aliphatic rings. The molecule has 1 N–H and O–H groups in total. The highest BCUT2D eigenvalue weighted by Gasteiger charge is 2.17. The first-order chi connectivity index (χ1) is 8.97. The van der Waals surface area contributed by atoms with Crippen LogP contribution in [0.3, 0.4) is 0 Å². The van der Waals surface area contributed by atoms with Crippen molar-refractivity contribution >= 4 is 50.5 Å². The van der Waals surface area contributed by atoms with Gasteiger partial charge in [0, 0.05) is 21.8 Å². The summed E-state index contributed by atoms with van der Waals surface area (Å²) < 4.78 is 0.998. The molecule has 0 unspecified atom stereocenters. The summed E-state index contributed by atoms with van der Waals surface area (Å²) >= 11 is 5.93. The second-order valence-corrected chi connectivity index (χ2v) is 6.86. The van der Waals surface area contributed by atoms with Crippen molar-refractivity contribution in [1.82, 2.24) is 4.90 Å². The van der Waals surface area contributed by atoms with Gasteiger partial charge in [0.05, 0.1) is 11.4 Å². The standard InChI is InChI=1S/C12H10BrNO3S2/c1-14(5-8-4-7(13)6-18-8)11(15)9-2-3-10(19-9)12(16)17/h2-4,6H,5H2,1H3,(H,16,17). The first-order valence-corrected chi connectivity index (χ1v) is 7.78. The summed E-state index contributed by atoms with van der Waals surface area (Å²) in [7, 11) is 1.70. The van der Waals surface area contributed by atoms with Gasteiger partial charge < -0.3 is 10.0 Å². The number of amides is 1. The fourth-order valence-electron chi connectivity index (χ4n) is 1.50. The molecule has 2 heterocycles. The molecule has 2 rings (SSSR count). The van der Waals surface area contributed by atoms with E-state index >= 15 is 0 Å². The number of carbonyl (C=O) groups is 2. The van der Waals surface area contributed by atoms with Gasteiger partial charge in [0.2, 0.25) is 0 Å². The fourth-order valence-corrected chi connectivity index (χ4v) is 3.84. The second kappa shape index (κ2) is 5.85. The predicted molar refractivity (Wildman–Crippen MR) is 79.1 cm³/mol. The first kappa shape index (κ1) is 14.2. The summed E-state index contributed by atoms with van der Waals surface area (Å²) in [6.07, 6.45) is 0. The van der Waals surface area contributed by atoms with E-state index in [4.69, 9.17) is 5.11 Å². The number of halogens is 1. The fraction of sp³-hybridized carbons (Fsp3) is 0.167. The van der Waals surface area contributed by atoms with Gasteiger partial charge in [-0.3, -0.25) is 4.79 Å². The lowest BCUT2D eigenvalue weighted by atomic mass is 10.3. The lowest BCUT2D eigenvalue weighted by Crippen LogP contribution is -2.24. The third-order valence-electron chi connectivity index (χ3n) is 2.39. The minimum Gasteiger partial charge on any atom is -0.477 e. The average molecular weight is 360 g/mol. The van der Waals surface area contributed by atoms with E-state index in [2.05, 4.69) is 15.9 Å². The first-order valence-electron chi connectivity index (χ1n) is 5.29. The minimum absolute atomic E-state index is 0.165. The number of carbonyl (C=O) groups excluding carboxylic acids is 1. The number of carboxylic acids is 1. The Balaban J connectivity index is 2.07. The van der Waals surface area contributed by atoms with E-state index < -0.39 is 5.97 Å². The smallest absolute Gasteiger partial charge is 0.345 e. The summed E-state index contributed by atoms with van der Waals surface area (Å²) in [5.41, 5.74) is 0. The van der Waals surface area contributed by atoms with Gasteiger partial charge in [-0.05, 0) is 34.1 Å². The third kappa shape index (κ3) is 3.43. The maximum absolute atomic E-state index is 12.1. The monoisotopic (exact) mass is 359 g/mol. The van der Waals surface area contributed by atoms with Gasteiger partial charge in [0.1, 0.15) is 4.88 Å². The van der Waals surface area contributed by atoms with Crippen LogP contribution in [0.1, 0.15) is 24.2 Å². The topological polar surface area (TPSA) is 57.6 Å². The number of aromatic carboxylic acids is 1. The zero-order valence-corrected chi connectivity index (χ0v) is 13.1. The van der Waals surface area contributed by atoms with Crippen LogP contribution in [0.4, 0.5) is 0 Å². The number of carboxylic acid groups (broad SMARTS) is 1. The van der Waals surface area contributed by atoms with Gasteiger partial charge in [-0.1, -0.05) is 0 Å². The van der Waals surface area contributed by atoms with Crippen LogP contribution in [0, 0.1) is 0 Å². The van der Waals surface area contributed by atoms with Gasteiger partial charge in [-0.2, -0.15) is 0 Å². The van der Waals surface area contributed by atoms with Gasteiger partial charge in [0.15, 0.2) is 0 Å². The van der Waals surface area contributed by atoms with E-state index in [0.717, 1.165) is 20.7 Å². The molecule has 2 aromatic rings. The van der Waals surface area contributed by atoms with E-state index in [1.54, 1.807) is 29.4 Å². The highest BCUT2D eigenvalue weighted by atomic mass is 79.9. The average Bonchev–Trinajstić information content (AvgIpc) is 2.97. The molecule has 0 spiro atoms. The summed E-state index contributed by atoms with van der Waals surface area (Å²) in [6.45, 7) is 0.509. The van der Waals surface area contributed by atoms with Crippen LogP contribution in [0.15, 0.2) is 28.1 Å².